The summed E-state index contributed by atoms with van der Waals surface area (Å²) >= 11 is 0. The Morgan fingerprint density at radius 3 is 2.96 bits per heavy atom. The van der Waals surface area contributed by atoms with E-state index in [0.29, 0.717) is 24.6 Å². The van der Waals surface area contributed by atoms with Crippen molar-refractivity contribution < 1.29 is 4.74 Å². The zero-order valence-electron chi connectivity index (χ0n) is 12.8. The van der Waals surface area contributed by atoms with E-state index >= 15 is 0 Å². The molecule has 0 amide bonds. The molecule has 3 N–H and O–H groups in total. The van der Waals surface area contributed by atoms with E-state index in [1.165, 1.54) is 6.33 Å². The summed E-state index contributed by atoms with van der Waals surface area (Å²) in [6, 6.07) is 2.00. The molecule has 8 heteroatoms. The number of H-pyrrole nitrogens is 1. The zero-order chi connectivity index (χ0) is 16.2. The quantitative estimate of drug-likeness (QED) is 0.806. The summed E-state index contributed by atoms with van der Waals surface area (Å²) in [6.45, 7) is 2.86. The van der Waals surface area contributed by atoms with Gasteiger partial charge in [0.25, 0.3) is 0 Å². The van der Waals surface area contributed by atoms with Gasteiger partial charge in [0, 0.05) is 37.6 Å². The summed E-state index contributed by atoms with van der Waals surface area (Å²) in [5.41, 5.74) is 8.35. The maximum atomic E-state index is 9.01. The highest BCUT2D eigenvalue weighted by Crippen LogP contribution is 2.29. The first-order chi connectivity index (χ1) is 11.2. The highest BCUT2D eigenvalue weighted by Gasteiger charge is 2.19. The number of aromatic amines is 1. The largest absolute Gasteiger partial charge is 0.398 e. The molecule has 23 heavy (non-hydrogen) atoms. The SMILES string of the molecule is CN=C(C#N)/C=C(\N)c1c[nH]c2ncnc(N3CCOCC3)c12. The third kappa shape index (κ3) is 2.86. The molecule has 1 fully saturated rings. The van der Waals surface area contributed by atoms with Gasteiger partial charge in [-0.1, -0.05) is 0 Å². The number of hydrogen-bond donors (Lipinski definition) is 2. The molecule has 1 saturated heterocycles. The highest BCUT2D eigenvalue weighted by molar-refractivity contribution is 6.12. The second-order valence-corrected chi connectivity index (χ2v) is 5.04. The van der Waals surface area contributed by atoms with Gasteiger partial charge >= 0.3 is 0 Å². The first kappa shape index (κ1) is 15.0. The van der Waals surface area contributed by atoms with Gasteiger partial charge in [-0.2, -0.15) is 5.26 Å². The van der Waals surface area contributed by atoms with Crippen LogP contribution < -0.4 is 10.6 Å². The van der Waals surface area contributed by atoms with Crippen LogP contribution in [-0.2, 0) is 4.74 Å². The van der Waals surface area contributed by atoms with E-state index in [9.17, 15) is 0 Å². The van der Waals surface area contributed by atoms with E-state index < -0.39 is 0 Å². The zero-order valence-corrected chi connectivity index (χ0v) is 12.8. The minimum atomic E-state index is 0.265. The van der Waals surface area contributed by atoms with Crippen molar-refractivity contribution in [2.75, 3.05) is 38.3 Å². The second-order valence-electron chi connectivity index (χ2n) is 5.04. The van der Waals surface area contributed by atoms with E-state index in [1.54, 1.807) is 19.3 Å². The molecule has 0 bridgehead atoms. The minimum Gasteiger partial charge on any atom is -0.398 e. The molecule has 3 heterocycles. The summed E-state index contributed by atoms with van der Waals surface area (Å²) in [5, 5.41) is 9.85. The Balaban J connectivity index is 2.10. The lowest BCUT2D eigenvalue weighted by molar-refractivity contribution is 0.122. The summed E-state index contributed by atoms with van der Waals surface area (Å²) in [6.07, 6.45) is 4.86. The van der Waals surface area contributed by atoms with Gasteiger partial charge in [0.05, 0.1) is 18.6 Å². The average molecular weight is 311 g/mol. The number of rotatable bonds is 3. The summed E-state index contributed by atoms with van der Waals surface area (Å²) in [5.74, 6) is 0.817. The molecule has 0 spiro atoms. The number of hydrogen-bond acceptors (Lipinski definition) is 7. The third-order valence-electron chi connectivity index (χ3n) is 3.72. The number of nitrogens with one attached hydrogen (secondary N) is 1. The molecule has 2 aromatic rings. The van der Waals surface area contributed by atoms with Gasteiger partial charge in [-0.25, -0.2) is 9.97 Å². The van der Waals surface area contributed by atoms with Crippen molar-refractivity contribution in [2.45, 2.75) is 0 Å². The van der Waals surface area contributed by atoms with Crippen molar-refractivity contribution in [1.82, 2.24) is 15.0 Å². The number of nitrogens with two attached hydrogens (primary N) is 1. The number of morpholine rings is 1. The first-order valence-electron chi connectivity index (χ1n) is 7.23. The third-order valence-corrected chi connectivity index (χ3v) is 3.72. The Kier molecular flexibility index (Phi) is 4.21. The van der Waals surface area contributed by atoms with Crippen LogP contribution in [0.15, 0.2) is 23.6 Å². The van der Waals surface area contributed by atoms with E-state index in [4.69, 9.17) is 15.7 Å². The Hall–Kier alpha value is -2.92. The van der Waals surface area contributed by atoms with E-state index in [0.717, 1.165) is 29.9 Å². The molecule has 0 radical (unpaired) electrons. The Labute approximate surface area is 133 Å². The van der Waals surface area contributed by atoms with Gasteiger partial charge in [0.2, 0.25) is 0 Å². The number of fused-ring (bicyclic) bond motifs is 1. The molecule has 8 nitrogen and oxygen atoms in total. The van der Waals surface area contributed by atoms with Crippen molar-refractivity contribution in [3.8, 4) is 6.07 Å². The number of aromatic nitrogens is 3. The molecule has 0 aromatic carbocycles. The highest BCUT2D eigenvalue weighted by atomic mass is 16.5. The fraction of sp³-hybridized carbons (Fsp3) is 0.333. The van der Waals surface area contributed by atoms with Crippen LogP contribution in [0.5, 0.6) is 0 Å². The normalized spacial score (nSPS) is 16.6. The molecule has 0 saturated carbocycles. The predicted octanol–water partition coefficient (Wildman–Crippen LogP) is 0.688. The number of anilines is 1. The lowest BCUT2D eigenvalue weighted by atomic mass is 10.1. The number of ether oxygens (including phenoxy) is 1. The van der Waals surface area contributed by atoms with Crippen LogP contribution in [0.1, 0.15) is 5.56 Å². The molecule has 0 aliphatic carbocycles. The van der Waals surface area contributed by atoms with Crippen LogP contribution in [0.4, 0.5) is 5.82 Å². The number of nitrogens with zero attached hydrogens (tertiary/aromatic N) is 5. The molecule has 0 unspecified atom stereocenters. The Morgan fingerprint density at radius 2 is 2.26 bits per heavy atom. The van der Waals surface area contributed by atoms with Crippen LogP contribution in [0.2, 0.25) is 0 Å². The van der Waals surface area contributed by atoms with Crippen LogP contribution in [0, 0.1) is 11.3 Å². The number of aliphatic imine (C=N–C) groups is 1. The van der Waals surface area contributed by atoms with Crippen molar-refractivity contribution in [1.29, 1.82) is 5.26 Å². The summed E-state index contributed by atoms with van der Waals surface area (Å²) in [7, 11) is 1.56. The van der Waals surface area contributed by atoms with Crippen molar-refractivity contribution in [3.05, 3.63) is 24.2 Å². The van der Waals surface area contributed by atoms with Crippen molar-refractivity contribution in [3.63, 3.8) is 0 Å². The molecule has 3 rings (SSSR count). The Morgan fingerprint density at radius 1 is 1.48 bits per heavy atom. The average Bonchev–Trinajstić information content (AvgIpc) is 3.04. The minimum absolute atomic E-state index is 0.265. The Bertz CT molecular complexity index is 809. The summed E-state index contributed by atoms with van der Waals surface area (Å²) < 4.78 is 5.39. The van der Waals surface area contributed by atoms with Gasteiger partial charge in [0.1, 0.15) is 29.6 Å². The van der Waals surface area contributed by atoms with Gasteiger partial charge in [-0.3, -0.25) is 4.99 Å². The maximum absolute atomic E-state index is 9.01. The van der Waals surface area contributed by atoms with Gasteiger partial charge < -0.3 is 20.4 Å². The fourth-order valence-electron chi connectivity index (χ4n) is 2.56. The molecular formula is C15H17N7O. The van der Waals surface area contributed by atoms with Gasteiger partial charge in [-0.05, 0) is 6.08 Å². The first-order valence-corrected chi connectivity index (χ1v) is 7.23. The molecule has 0 atom stereocenters. The van der Waals surface area contributed by atoms with Crippen molar-refractivity contribution in [2.24, 2.45) is 10.7 Å². The predicted molar refractivity (Wildman–Crippen MR) is 88.1 cm³/mol. The monoisotopic (exact) mass is 311 g/mol. The van der Waals surface area contributed by atoms with Crippen LogP contribution in [-0.4, -0.2) is 54.0 Å². The van der Waals surface area contributed by atoms with E-state index in [1.807, 2.05) is 6.07 Å². The van der Waals surface area contributed by atoms with E-state index in [-0.39, 0.29) is 5.71 Å². The molecule has 118 valence electrons. The van der Waals surface area contributed by atoms with Gasteiger partial charge in [-0.15, -0.1) is 0 Å². The van der Waals surface area contributed by atoms with E-state index in [2.05, 4.69) is 24.8 Å². The van der Waals surface area contributed by atoms with Gasteiger partial charge in [0.15, 0.2) is 0 Å². The molecule has 1 aliphatic rings. The number of allylic oxidation sites excluding steroid dienone is 1. The fourth-order valence-corrected chi connectivity index (χ4v) is 2.56. The maximum Gasteiger partial charge on any atom is 0.143 e. The molecular weight excluding hydrogens is 294 g/mol. The lowest BCUT2D eigenvalue weighted by Crippen LogP contribution is -2.37. The molecule has 2 aromatic heterocycles. The van der Waals surface area contributed by atoms with Crippen LogP contribution in [0.3, 0.4) is 0 Å². The van der Waals surface area contributed by atoms with Crippen molar-refractivity contribution >= 4 is 28.3 Å². The molecule has 1 aliphatic heterocycles. The second kappa shape index (κ2) is 6.46. The standard InChI is InChI=1S/C15H17N7O/c1-18-10(7-16)6-12(17)11-8-19-14-13(11)15(21-9-20-14)22-2-4-23-5-3-22/h6,8-9H,2-5,17H2,1H3,(H,19,20,21)/b12-6-,18-10?. The van der Waals surface area contributed by atoms with Crippen LogP contribution in [0.25, 0.3) is 16.7 Å². The topological polar surface area (TPSA) is 116 Å². The summed E-state index contributed by atoms with van der Waals surface area (Å²) in [4.78, 5) is 17.8. The lowest BCUT2D eigenvalue weighted by Gasteiger charge is -2.28. The number of nitriles is 1. The van der Waals surface area contributed by atoms with Crippen LogP contribution >= 0.6 is 0 Å². The smallest absolute Gasteiger partial charge is 0.143 e.